The van der Waals surface area contributed by atoms with Gasteiger partial charge in [0.15, 0.2) is 0 Å². The van der Waals surface area contributed by atoms with Gasteiger partial charge in [-0.1, -0.05) is 18.2 Å². The third-order valence-electron chi connectivity index (χ3n) is 3.72. The fraction of sp³-hybridized carbons (Fsp3) is 0.222. The van der Waals surface area contributed by atoms with Crippen LogP contribution >= 0.6 is 0 Å². The van der Waals surface area contributed by atoms with Crippen molar-refractivity contribution in [2.45, 2.75) is 13.8 Å². The lowest BCUT2D eigenvalue weighted by atomic mass is 10.2. The number of nitro groups is 1. The van der Waals surface area contributed by atoms with Gasteiger partial charge in [-0.05, 0) is 37.6 Å². The van der Waals surface area contributed by atoms with E-state index in [1.165, 1.54) is 30.5 Å². The van der Waals surface area contributed by atoms with Crippen LogP contribution in [-0.2, 0) is 0 Å². The maximum absolute atomic E-state index is 12.0. The molecular formula is C18H20N4O3. The van der Waals surface area contributed by atoms with Gasteiger partial charge in [0.1, 0.15) is 0 Å². The van der Waals surface area contributed by atoms with E-state index in [1.807, 2.05) is 24.3 Å². The highest BCUT2D eigenvalue weighted by atomic mass is 16.6. The maximum Gasteiger partial charge on any atom is 0.271 e. The van der Waals surface area contributed by atoms with Crippen LogP contribution in [0.2, 0.25) is 0 Å². The fourth-order valence-electron chi connectivity index (χ4n) is 2.35. The molecule has 2 rings (SSSR count). The summed E-state index contributed by atoms with van der Waals surface area (Å²) >= 11 is 0. The lowest BCUT2D eigenvalue weighted by molar-refractivity contribution is -0.384. The van der Waals surface area contributed by atoms with Crippen LogP contribution in [0.3, 0.4) is 0 Å². The average molecular weight is 340 g/mol. The Kier molecular flexibility index (Phi) is 6.22. The highest BCUT2D eigenvalue weighted by molar-refractivity contribution is 5.95. The second-order valence-electron chi connectivity index (χ2n) is 5.27. The first kappa shape index (κ1) is 18.1. The van der Waals surface area contributed by atoms with E-state index in [0.29, 0.717) is 0 Å². The minimum Gasteiger partial charge on any atom is -0.372 e. The molecule has 0 aliphatic carbocycles. The molecule has 2 aromatic carbocycles. The van der Waals surface area contributed by atoms with Gasteiger partial charge in [-0.15, -0.1) is 0 Å². The van der Waals surface area contributed by atoms with Gasteiger partial charge in [0.05, 0.1) is 11.1 Å². The van der Waals surface area contributed by atoms with Crippen molar-refractivity contribution >= 4 is 23.5 Å². The van der Waals surface area contributed by atoms with Crippen molar-refractivity contribution in [3.63, 3.8) is 0 Å². The van der Waals surface area contributed by atoms with Gasteiger partial charge in [0, 0.05) is 36.5 Å². The summed E-state index contributed by atoms with van der Waals surface area (Å²) < 4.78 is 0. The number of hydrazone groups is 1. The molecule has 1 amide bonds. The van der Waals surface area contributed by atoms with Crippen molar-refractivity contribution in [1.82, 2.24) is 5.43 Å². The molecule has 0 atom stereocenters. The maximum atomic E-state index is 12.0. The van der Waals surface area contributed by atoms with Crippen molar-refractivity contribution < 1.29 is 9.72 Å². The number of carbonyl (C=O) groups is 1. The van der Waals surface area contributed by atoms with E-state index in [0.717, 1.165) is 24.3 Å². The predicted octanol–water partition coefficient (Wildman–Crippen LogP) is 3.20. The second kappa shape index (κ2) is 8.58. The highest BCUT2D eigenvalue weighted by Crippen LogP contribution is 2.14. The van der Waals surface area contributed by atoms with Crippen LogP contribution < -0.4 is 10.3 Å². The number of nitrogens with one attached hydrogen (secondary N) is 1. The van der Waals surface area contributed by atoms with Crippen LogP contribution in [0.25, 0.3) is 0 Å². The summed E-state index contributed by atoms with van der Waals surface area (Å²) in [6.45, 7) is 6.07. The number of rotatable bonds is 7. The first-order chi connectivity index (χ1) is 12.0. The molecule has 7 nitrogen and oxygen atoms in total. The molecule has 0 aromatic heterocycles. The van der Waals surface area contributed by atoms with E-state index in [1.54, 1.807) is 0 Å². The fourth-order valence-corrected chi connectivity index (χ4v) is 2.35. The van der Waals surface area contributed by atoms with Gasteiger partial charge in [-0.25, -0.2) is 5.43 Å². The summed E-state index contributed by atoms with van der Waals surface area (Å²) in [7, 11) is 0. The van der Waals surface area contributed by atoms with Crippen molar-refractivity contribution in [2.24, 2.45) is 5.10 Å². The Bertz CT molecular complexity index is 768. The number of benzene rings is 2. The minimum atomic E-state index is -0.544. The topological polar surface area (TPSA) is 87.8 Å². The average Bonchev–Trinajstić information content (AvgIpc) is 2.64. The zero-order chi connectivity index (χ0) is 18.2. The first-order valence-corrected chi connectivity index (χ1v) is 7.98. The van der Waals surface area contributed by atoms with Gasteiger partial charge >= 0.3 is 0 Å². The van der Waals surface area contributed by atoms with E-state index in [2.05, 4.69) is 29.3 Å². The quantitative estimate of drug-likeness (QED) is 0.476. The van der Waals surface area contributed by atoms with Gasteiger partial charge in [0.2, 0.25) is 0 Å². The molecule has 7 heteroatoms. The molecule has 2 aromatic rings. The summed E-state index contributed by atoms with van der Waals surface area (Å²) in [5.74, 6) is -0.500. The normalized spacial score (nSPS) is 10.6. The lowest BCUT2D eigenvalue weighted by Crippen LogP contribution is -2.21. The van der Waals surface area contributed by atoms with Crippen molar-refractivity contribution in [3.05, 3.63) is 69.8 Å². The van der Waals surface area contributed by atoms with Crippen LogP contribution in [0.15, 0.2) is 53.6 Å². The molecule has 0 spiro atoms. The van der Waals surface area contributed by atoms with Crippen LogP contribution in [0, 0.1) is 10.1 Å². The largest absolute Gasteiger partial charge is 0.372 e. The Balaban J connectivity index is 1.99. The van der Waals surface area contributed by atoms with Crippen LogP contribution in [0.5, 0.6) is 0 Å². The van der Waals surface area contributed by atoms with Crippen molar-refractivity contribution in [1.29, 1.82) is 0 Å². The molecule has 0 unspecified atom stereocenters. The number of nitro benzene ring substituents is 1. The molecule has 25 heavy (non-hydrogen) atoms. The predicted molar refractivity (Wildman–Crippen MR) is 98.2 cm³/mol. The summed E-state index contributed by atoms with van der Waals surface area (Å²) in [6.07, 6.45) is 1.53. The van der Waals surface area contributed by atoms with E-state index >= 15 is 0 Å². The van der Waals surface area contributed by atoms with Gasteiger partial charge in [-0.2, -0.15) is 5.10 Å². The Labute approximate surface area is 146 Å². The minimum absolute atomic E-state index is 0.136. The molecule has 0 radical (unpaired) electrons. The monoisotopic (exact) mass is 340 g/mol. The van der Waals surface area contributed by atoms with E-state index in [-0.39, 0.29) is 11.3 Å². The van der Waals surface area contributed by atoms with Gasteiger partial charge in [0.25, 0.3) is 11.6 Å². The number of amides is 1. The molecular weight excluding hydrogens is 320 g/mol. The molecule has 0 fully saturated rings. The van der Waals surface area contributed by atoms with Gasteiger partial charge in [-0.3, -0.25) is 14.9 Å². The zero-order valence-corrected chi connectivity index (χ0v) is 14.2. The van der Waals surface area contributed by atoms with E-state index < -0.39 is 10.8 Å². The van der Waals surface area contributed by atoms with E-state index in [9.17, 15) is 14.9 Å². The van der Waals surface area contributed by atoms with Gasteiger partial charge < -0.3 is 4.90 Å². The summed E-state index contributed by atoms with van der Waals surface area (Å²) in [6, 6.07) is 13.3. The number of nitrogens with zero attached hydrogens (tertiary/aromatic N) is 3. The number of hydrogen-bond donors (Lipinski definition) is 1. The number of hydrogen-bond acceptors (Lipinski definition) is 5. The van der Waals surface area contributed by atoms with Crippen molar-refractivity contribution in [3.8, 4) is 0 Å². The third kappa shape index (κ3) is 4.87. The molecule has 0 aliphatic rings. The Morgan fingerprint density at radius 3 is 2.48 bits per heavy atom. The van der Waals surface area contributed by atoms with E-state index in [4.69, 9.17) is 0 Å². The summed E-state index contributed by atoms with van der Waals surface area (Å²) in [4.78, 5) is 24.4. The Hall–Kier alpha value is -3.22. The molecule has 0 bridgehead atoms. The molecule has 0 heterocycles. The highest BCUT2D eigenvalue weighted by Gasteiger charge is 2.10. The molecule has 130 valence electrons. The van der Waals surface area contributed by atoms with Crippen molar-refractivity contribution in [2.75, 3.05) is 18.0 Å². The molecule has 0 aliphatic heterocycles. The second-order valence-corrected chi connectivity index (χ2v) is 5.27. The summed E-state index contributed by atoms with van der Waals surface area (Å²) in [5, 5.41) is 14.6. The number of anilines is 1. The Morgan fingerprint density at radius 1 is 1.20 bits per heavy atom. The zero-order valence-electron chi connectivity index (χ0n) is 14.2. The molecule has 0 saturated heterocycles. The Morgan fingerprint density at radius 2 is 1.88 bits per heavy atom. The van der Waals surface area contributed by atoms with Crippen LogP contribution in [0.1, 0.15) is 29.8 Å². The summed E-state index contributed by atoms with van der Waals surface area (Å²) in [5.41, 5.74) is 4.39. The third-order valence-corrected chi connectivity index (χ3v) is 3.72. The molecule has 1 N–H and O–H groups in total. The number of non-ortho nitro benzene ring substituents is 1. The van der Waals surface area contributed by atoms with Crippen LogP contribution in [-0.4, -0.2) is 30.1 Å². The SMILES string of the molecule is CCN(CC)c1ccc(C=NNC(=O)c2cccc([N+](=O)[O-])c2)cc1. The standard InChI is InChI=1S/C18H20N4O3/c1-3-21(4-2)16-10-8-14(9-11-16)13-19-20-18(23)15-6-5-7-17(12-15)22(24)25/h5-13H,3-4H2,1-2H3,(H,20,23). The number of carbonyl (C=O) groups excluding carboxylic acids is 1. The van der Waals surface area contributed by atoms with Crippen LogP contribution in [0.4, 0.5) is 11.4 Å². The molecule has 0 saturated carbocycles. The lowest BCUT2D eigenvalue weighted by Gasteiger charge is -2.20. The first-order valence-electron chi connectivity index (χ1n) is 7.98. The smallest absolute Gasteiger partial charge is 0.271 e.